The van der Waals surface area contributed by atoms with Gasteiger partial charge in [0.25, 0.3) is 0 Å². The average molecular weight is 293 g/mol. The van der Waals surface area contributed by atoms with E-state index >= 15 is 0 Å². The summed E-state index contributed by atoms with van der Waals surface area (Å²) in [5, 5.41) is 11.8. The summed E-state index contributed by atoms with van der Waals surface area (Å²) in [4.78, 5) is 2.56. The van der Waals surface area contributed by atoms with Gasteiger partial charge in [0.05, 0.1) is 12.2 Å². The van der Waals surface area contributed by atoms with Crippen LogP contribution in [0.4, 0.5) is 0 Å². The molecule has 1 aliphatic rings. The van der Waals surface area contributed by atoms with Gasteiger partial charge in [-0.25, -0.2) is 0 Å². The van der Waals surface area contributed by atoms with Crippen LogP contribution in [0.5, 0.6) is 0 Å². The molecule has 0 bridgehead atoms. The first-order valence-corrected chi connectivity index (χ1v) is 8.31. The van der Waals surface area contributed by atoms with Crippen LogP contribution < -0.4 is 5.32 Å². The fourth-order valence-corrected chi connectivity index (χ4v) is 2.91. The molecular weight excluding hydrogens is 262 g/mol. The minimum Gasteiger partial charge on any atom is -0.311 e. The number of aromatic nitrogens is 3. The van der Waals surface area contributed by atoms with Gasteiger partial charge in [-0.15, -0.1) is 5.10 Å². The third kappa shape index (κ3) is 5.08. The lowest BCUT2D eigenvalue weighted by Crippen LogP contribution is -2.28. The maximum atomic E-state index is 4.22. The summed E-state index contributed by atoms with van der Waals surface area (Å²) >= 11 is 0. The van der Waals surface area contributed by atoms with E-state index in [-0.39, 0.29) is 0 Å². The third-order valence-corrected chi connectivity index (χ3v) is 4.46. The summed E-state index contributed by atoms with van der Waals surface area (Å²) in [5.41, 5.74) is 1.47. The first kappa shape index (κ1) is 16.4. The van der Waals surface area contributed by atoms with Crippen molar-refractivity contribution in [3.05, 3.63) is 11.9 Å². The Morgan fingerprint density at radius 3 is 2.81 bits per heavy atom. The largest absolute Gasteiger partial charge is 0.311 e. The molecule has 1 N–H and O–H groups in total. The predicted molar refractivity (Wildman–Crippen MR) is 86.0 cm³/mol. The minimum atomic E-state index is 0.431. The summed E-state index contributed by atoms with van der Waals surface area (Å²) in [5.74, 6) is 0.821. The molecule has 5 heteroatoms. The molecule has 21 heavy (non-hydrogen) atoms. The van der Waals surface area contributed by atoms with E-state index in [4.69, 9.17) is 0 Å². The van der Waals surface area contributed by atoms with E-state index in [0.29, 0.717) is 5.41 Å². The second kappa shape index (κ2) is 7.36. The van der Waals surface area contributed by atoms with Crippen molar-refractivity contribution in [2.75, 3.05) is 26.2 Å². The summed E-state index contributed by atoms with van der Waals surface area (Å²) in [7, 11) is 0. The molecule has 5 nitrogen and oxygen atoms in total. The highest BCUT2D eigenvalue weighted by molar-refractivity contribution is 4.91. The number of rotatable bonds is 7. The maximum Gasteiger partial charge on any atom is 0.0964 e. The predicted octanol–water partition coefficient (Wildman–Crippen LogP) is 2.15. The maximum absolute atomic E-state index is 4.22. The Labute approximate surface area is 129 Å². The Balaban J connectivity index is 1.72. The molecule has 120 valence electrons. The third-order valence-electron chi connectivity index (χ3n) is 4.46. The molecule has 0 amide bonds. The van der Waals surface area contributed by atoms with Crippen LogP contribution in [0.25, 0.3) is 0 Å². The molecule has 0 radical (unpaired) electrons. The van der Waals surface area contributed by atoms with Crippen molar-refractivity contribution in [1.82, 2.24) is 25.2 Å². The molecule has 1 aromatic rings. The topological polar surface area (TPSA) is 46.0 Å². The van der Waals surface area contributed by atoms with Crippen LogP contribution >= 0.6 is 0 Å². The van der Waals surface area contributed by atoms with Gasteiger partial charge in [-0.05, 0) is 37.3 Å². The molecule has 2 heterocycles. The Morgan fingerprint density at radius 2 is 2.14 bits per heavy atom. The fraction of sp³-hybridized carbons (Fsp3) is 0.875. The Hall–Kier alpha value is -0.940. The van der Waals surface area contributed by atoms with Gasteiger partial charge in [0, 0.05) is 25.8 Å². The van der Waals surface area contributed by atoms with Crippen molar-refractivity contribution in [3.63, 3.8) is 0 Å². The highest BCUT2D eigenvalue weighted by atomic mass is 15.4. The van der Waals surface area contributed by atoms with Crippen LogP contribution in [0.3, 0.4) is 0 Å². The molecule has 0 saturated carbocycles. The van der Waals surface area contributed by atoms with Crippen LogP contribution in [0.2, 0.25) is 0 Å². The molecule has 0 aromatic carbocycles. The lowest BCUT2D eigenvalue weighted by atomic mass is 9.80. The number of nitrogens with one attached hydrogen (secondary N) is 1. The molecule has 0 aliphatic carbocycles. The van der Waals surface area contributed by atoms with Gasteiger partial charge in [0.2, 0.25) is 0 Å². The number of nitrogens with zero attached hydrogens (tertiary/aromatic N) is 4. The molecule has 1 aliphatic heterocycles. The number of hydrogen-bond acceptors (Lipinski definition) is 4. The fourth-order valence-electron chi connectivity index (χ4n) is 2.91. The summed E-state index contributed by atoms with van der Waals surface area (Å²) < 4.78 is 1.98. The van der Waals surface area contributed by atoms with E-state index < -0.39 is 0 Å². The number of hydrogen-bond donors (Lipinski definition) is 1. The van der Waals surface area contributed by atoms with Gasteiger partial charge in [-0.3, -0.25) is 4.68 Å². The Bertz CT molecular complexity index is 421. The Kier molecular flexibility index (Phi) is 5.76. The van der Waals surface area contributed by atoms with Crippen LogP contribution in [-0.4, -0.2) is 46.1 Å². The first-order valence-electron chi connectivity index (χ1n) is 8.31. The van der Waals surface area contributed by atoms with E-state index in [0.717, 1.165) is 44.2 Å². The zero-order chi connectivity index (χ0) is 15.3. The smallest absolute Gasteiger partial charge is 0.0964 e. The molecule has 1 unspecified atom stereocenters. The van der Waals surface area contributed by atoms with E-state index in [2.05, 4.69) is 54.4 Å². The molecule has 0 spiro atoms. The van der Waals surface area contributed by atoms with Crippen LogP contribution in [-0.2, 0) is 13.1 Å². The van der Waals surface area contributed by atoms with Crippen LogP contribution in [0, 0.1) is 11.3 Å². The van der Waals surface area contributed by atoms with E-state index in [1.165, 1.54) is 19.5 Å². The standard InChI is InChI=1S/C16H31N5/c1-5-7-17-11-15-13-21(19-18-15)10-9-20-8-6-14(12-20)16(2,3)4/h13-14,17H,5-12H2,1-4H3. The molecule has 1 atom stereocenters. The summed E-state index contributed by atoms with van der Waals surface area (Å²) in [6.45, 7) is 15.6. The van der Waals surface area contributed by atoms with Crippen LogP contribution in [0.15, 0.2) is 6.20 Å². The van der Waals surface area contributed by atoms with Crippen molar-refractivity contribution in [1.29, 1.82) is 0 Å². The first-order chi connectivity index (χ1) is 9.99. The minimum absolute atomic E-state index is 0.431. The van der Waals surface area contributed by atoms with Gasteiger partial charge in [-0.2, -0.15) is 0 Å². The highest BCUT2D eigenvalue weighted by Crippen LogP contribution is 2.33. The van der Waals surface area contributed by atoms with Crippen LogP contribution in [0.1, 0.15) is 46.2 Å². The van der Waals surface area contributed by atoms with E-state index in [9.17, 15) is 0 Å². The molecule has 2 rings (SSSR count). The van der Waals surface area contributed by atoms with Gasteiger partial charge in [-0.1, -0.05) is 32.9 Å². The van der Waals surface area contributed by atoms with Crippen molar-refractivity contribution in [3.8, 4) is 0 Å². The molecular formula is C16H31N5. The van der Waals surface area contributed by atoms with E-state index in [1.54, 1.807) is 0 Å². The average Bonchev–Trinajstić information content (AvgIpc) is 3.05. The molecule has 1 fully saturated rings. The summed E-state index contributed by atoms with van der Waals surface area (Å²) in [6.07, 6.45) is 4.55. The van der Waals surface area contributed by atoms with Crippen molar-refractivity contribution >= 4 is 0 Å². The van der Waals surface area contributed by atoms with Crippen molar-refractivity contribution in [2.24, 2.45) is 11.3 Å². The van der Waals surface area contributed by atoms with Gasteiger partial charge in [0.1, 0.15) is 0 Å². The Morgan fingerprint density at radius 1 is 1.33 bits per heavy atom. The lowest BCUT2D eigenvalue weighted by Gasteiger charge is -2.27. The van der Waals surface area contributed by atoms with Crippen molar-refractivity contribution in [2.45, 2.75) is 53.6 Å². The monoisotopic (exact) mass is 293 g/mol. The van der Waals surface area contributed by atoms with Gasteiger partial charge in [0.15, 0.2) is 0 Å². The molecule has 1 saturated heterocycles. The molecule has 1 aromatic heterocycles. The van der Waals surface area contributed by atoms with Gasteiger partial charge < -0.3 is 10.2 Å². The zero-order valence-electron chi connectivity index (χ0n) is 14.1. The second-order valence-electron chi connectivity index (χ2n) is 7.30. The highest BCUT2D eigenvalue weighted by Gasteiger charge is 2.31. The zero-order valence-corrected chi connectivity index (χ0v) is 14.1. The normalized spacial score (nSPS) is 20.3. The van der Waals surface area contributed by atoms with E-state index in [1.807, 2.05) is 4.68 Å². The van der Waals surface area contributed by atoms with Gasteiger partial charge >= 0.3 is 0 Å². The lowest BCUT2D eigenvalue weighted by molar-refractivity contribution is 0.225. The second-order valence-corrected chi connectivity index (χ2v) is 7.30. The summed E-state index contributed by atoms with van der Waals surface area (Å²) in [6, 6.07) is 0. The number of likely N-dealkylation sites (tertiary alicyclic amines) is 1. The quantitative estimate of drug-likeness (QED) is 0.783. The van der Waals surface area contributed by atoms with Crippen molar-refractivity contribution < 1.29 is 0 Å². The SMILES string of the molecule is CCCNCc1cn(CCN2CCC(C(C)(C)C)C2)nn1.